The number of hydroxylamine groups is 2. The summed E-state index contributed by atoms with van der Waals surface area (Å²) in [5.74, 6) is -3.37. The van der Waals surface area contributed by atoms with Crippen LogP contribution in [0.3, 0.4) is 0 Å². The van der Waals surface area contributed by atoms with E-state index in [1.54, 1.807) is 49.7 Å². The Balaban J connectivity index is 1.60. The first-order valence-electron chi connectivity index (χ1n) is 20.3. The molecule has 0 bridgehead atoms. The number of benzene rings is 2. The van der Waals surface area contributed by atoms with Crippen LogP contribution in [0.15, 0.2) is 81.8 Å². The summed E-state index contributed by atoms with van der Waals surface area (Å²) in [6.45, 7) is 5.82. The molecule has 65 heavy (non-hydrogen) atoms. The molecule has 2 aromatic carbocycles. The number of hydrogen-bond donors (Lipinski definition) is 4. The molecule has 0 radical (unpaired) electrons. The molecule has 0 aromatic heterocycles. The first-order chi connectivity index (χ1) is 30.1. The van der Waals surface area contributed by atoms with E-state index in [-0.39, 0.29) is 76.0 Å². The zero-order valence-electron chi connectivity index (χ0n) is 36.0. The zero-order valence-corrected chi connectivity index (χ0v) is 39.3. The molecule has 2 aromatic rings. The summed E-state index contributed by atoms with van der Waals surface area (Å²) in [6, 6.07) is 7.99. The van der Waals surface area contributed by atoms with Crippen molar-refractivity contribution in [1.82, 2.24) is 5.06 Å². The Bertz CT molecular complexity index is 2820. The number of methoxy groups -OCH3 is 1. The summed E-state index contributed by atoms with van der Waals surface area (Å²) in [6.07, 6.45) is 6.59. The largest absolute Gasteiger partial charge is 0.383 e. The molecular weight excluding hydrogens is 935 g/mol. The van der Waals surface area contributed by atoms with Gasteiger partial charge in [-0.05, 0) is 88.4 Å². The Hall–Kier alpha value is -4.66. The van der Waals surface area contributed by atoms with Crippen molar-refractivity contribution in [3.05, 3.63) is 83.1 Å². The van der Waals surface area contributed by atoms with Crippen LogP contribution in [0.25, 0.3) is 0 Å². The van der Waals surface area contributed by atoms with Crippen molar-refractivity contribution >= 4 is 75.3 Å². The summed E-state index contributed by atoms with van der Waals surface area (Å²) in [4.78, 5) is 42.9. The Kier molecular flexibility index (Phi) is 15.5. The molecule has 0 aliphatic carbocycles. The molecule has 0 saturated carbocycles. The van der Waals surface area contributed by atoms with Crippen LogP contribution in [0.5, 0.6) is 0 Å². The number of amides is 2. The molecule has 2 unspecified atom stereocenters. The van der Waals surface area contributed by atoms with Gasteiger partial charge in [0.2, 0.25) is 5.69 Å². The third-order valence-electron chi connectivity index (χ3n) is 11.7. The van der Waals surface area contributed by atoms with Crippen LogP contribution in [0.2, 0.25) is 0 Å². The fraction of sp³-hybridized carbons (Fsp3) is 0.463. The van der Waals surface area contributed by atoms with E-state index in [2.05, 4.69) is 0 Å². The zero-order chi connectivity index (χ0) is 48.3. The van der Waals surface area contributed by atoms with Gasteiger partial charge in [-0.3, -0.25) is 27.8 Å². The maximum atomic E-state index is 12.8. The molecule has 2 amide bonds. The highest BCUT2D eigenvalue weighted by atomic mass is 32.2. The average Bonchev–Trinajstić information content (AvgIpc) is 3.72. The molecule has 24 heteroatoms. The van der Waals surface area contributed by atoms with Crippen molar-refractivity contribution in [3.8, 4) is 0 Å². The number of hydrogen-bond acceptors (Lipinski definition) is 14. The van der Waals surface area contributed by atoms with E-state index in [1.807, 2.05) is 4.90 Å². The lowest BCUT2D eigenvalue weighted by Crippen LogP contribution is -2.33. The van der Waals surface area contributed by atoms with E-state index in [0.29, 0.717) is 44.5 Å². The summed E-state index contributed by atoms with van der Waals surface area (Å²) >= 11 is 0. The van der Waals surface area contributed by atoms with Gasteiger partial charge in [-0.1, -0.05) is 17.7 Å². The molecule has 5 rings (SSSR count). The minimum absolute atomic E-state index is 0.0284. The monoisotopic (exact) mass is 986 g/mol. The van der Waals surface area contributed by atoms with Crippen LogP contribution >= 0.6 is 0 Å². The average molecular weight is 987 g/mol. The highest BCUT2D eigenvalue weighted by Crippen LogP contribution is 2.51. The SMILES string of the molecule is COCCN1C(=CC=C(C)C=CC2=[N+](CCCC(=O)ON3C(=O)CCC3=O)c3ccc(S(=O)(=O)O)cc3C2(C)CCCS(=O)(=O)O)C(C)(CCCS(=O)(=O)O)c2cc(S(=O)(=O)O)ccc21. The number of rotatable bonds is 21. The Morgan fingerprint density at radius 3 is 1.91 bits per heavy atom. The van der Waals surface area contributed by atoms with E-state index in [1.165, 1.54) is 43.5 Å². The second-order valence-corrected chi connectivity index (χ2v) is 22.4. The second-order valence-electron chi connectivity index (χ2n) is 16.4. The lowest BCUT2D eigenvalue weighted by atomic mass is 9.75. The maximum absolute atomic E-state index is 12.8. The van der Waals surface area contributed by atoms with E-state index < -0.39 is 85.5 Å². The van der Waals surface area contributed by atoms with Crippen molar-refractivity contribution in [2.45, 2.75) is 92.8 Å². The summed E-state index contributed by atoms with van der Waals surface area (Å²) < 4.78 is 143. The van der Waals surface area contributed by atoms with Gasteiger partial charge in [0.25, 0.3) is 52.3 Å². The fourth-order valence-corrected chi connectivity index (χ4v) is 10.5. The topological polar surface area (TPSA) is 297 Å². The van der Waals surface area contributed by atoms with Gasteiger partial charge in [-0.2, -0.15) is 38.2 Å². The predicted octanol–water partition coefficient (Wildman–Crippen LogP) is 4.07. The van der Waals surface area contributed by atoms with Crippen molar-refractivity contribution < 1.29 is 80.4 Å². The third kappa shape index (κ3) is 12.2. The molecule has 2 atom stereocenters. The third-order valence-corrected chi connectivity index (χ3v) is 15.0. The number of fused-ring (bicyclic) bond motifs is 2. The highest BCUT2D eigenvalue weighted by Gasteiger charge is 2.48. The quantitative estimate of drug-likeness (QED) is 0.0593. The molecule has 3 aliphatic rings. The van der Waals surface area contributed by atoms with Crippen LogP contribution in [-0.2, 0) is 75.3 Å². The Morgan fingerprint density at radius 2 is 1.35 bits per heavy atom. The van der Waals surface area contributed by atoms with Gasteiger partial charge in [-0.25, -0.2) is 4.79 Å². The minimum Gasteiger partial charge on any atom is -0.383 e. The first-order valence-corrected chi connectivity index (χ1v) is 26.4. The van der Waals surface area contributed by atoms with Crippen molar-refractivity contribution in [3.63, 3.8) is 0 Å². The summed E-state index contributed by atoms with van der Waals surface area (Å²) in [7, 11) is -16.7. The number of carbonyl (C=O) groups is 3. The Morgan fingerprint density at radius 1 is 0.800 bits per heavy atom. The minimum atomic E-state index is -4.72. The normalized spacial score (nSPS) is 21.3. The number of allylic oxidation sites excluding steroid dienone is 6. The van der Waals surface area contributed by atoms with Gasteiger partial charge in [0, 0.05) is 67.4 Å². The van der Waals surface area contributed by atoms with Crippen LogP contribution in [0.4, 0.5) is 11.4 Å². The standard InChI is InChI=1S/C41H51N3O17S4/c1-28(10-16-36-41(3,20-7-25-63(51,52)53)32-27-30(65(57,58)59)12-14-34(32)43(36)22-23-60-4)9-15-35-40(2,19-6-24-62(48,49)50)31-26-29(64(54,55)56)11-13-33(31)42(35)21-5-8-39(47)61-44-37(45)17-18-38(44)46/h9-16,26-27H,5-8,17-25H2,1-4H3,(H3-,48,49,50,51,52,53,54,55,56,57,58,59)/p+1. The van der Waals surface area contributed by atoms with Gasteiger partial charge in [0.05, 0.1) is 39.7 Å². The molecule has 3 heterocycles. The second kappa shape index (κ2) is 19.7. The molecule has 1 fully saturated rings. The smallest absolute Gasteiger partial charge is 0.333 e. The number of nitrogens with zero attached hydrogens (tertiary/aromatic N) is 3. The van der Waals surface area contributed by atoms with Crippen molar-refractivity contribution in [2.24, 2.45) is 0 Å². The molecule has 3 aliphatic heterocycles. The van der Waals surface area contributed by atoms with E-state index >= 15 is 0 Å². The van der Waals surface area contributed by atoms with Crippen molar-refractivity contribution in [2.75, 3.05) is 43.2 Å². The number of ether oxygens (including phenoxy) is 1. The van der Waals surface area contributed by atoms with Crippen LogP contribution < -0.4 is 4.90 Å². The molecule has 20 nitrogen and oxygen atoms in total. The first kappa shape index (κ1) is 51.3. The van der Waals surface area contributed by atoms with Gasteiger partial charge < -0.3 is 14.5 Å². The van der Waals surface area contributed by atoms with Gasteiger partial charge in [0.15, 0.2) is 5.71 Å². The van der Waals surface area contributed by atoms with Gasteiger partial charge >= 0.3 is 5.97 Å². The number of anilines is 1. The number of carbonyl (C=O) groups excluding carboxylic acids is 3. The molecule has 4 N–H and O–H groups in total. The van der Waals surface area contributed by atoms with Crippen LogP contribution in [0, 0.1) is 0 Å². The van der Waals surface area contributed by atoms with Crippen LogP contribution in [0.1, 0.15) is 83.3 Å². The van der Waals surface area contributed by atoms with Gasteiger partial charge in [-0.15, -0.1) is 5.06 Å². The summed E-state index contributed by atoms with van der Waals surface area (Å²) in [5, 5.41) is 0.432. The molecule has 356 valence electrons. The summed E-state index contributed by atoms with van der Waals surface area (Å²) in [5.41, 5.74) is 1.32. The lowest BCUT2D eigenvalue weighted by molar-refractivity contribution is -0.438. The van der Waals surface area contributed by atoms with Gasteiger partial charge in [0.1, 0.15) is 6.54 Å². The fourth-order valence-electron chi connectivity index (χ4n) is 8.45. The lowest BCUT2D eigenvalue weighted by Gasteiger charge is -2.30. The highest BCUT2D eigenvalue weighted by molar-refractivity contribution is 7.86. The molecular formula is C41H52N3O17S4+. The van der Waals surface area contributed by atoms with Crippen LogP contribution in [-0.4, -0.2) is 123 Å². The molecule has 0 spiro atoms. The van der Waals surface area contributed by atoms with E-state index in [4.69, 9.17) is 9.57 Å². The molecule has 1 saturated heterocycles. The number of imide groups is 1. The maximum Gasteiger partial charge on any atom is 0.333 e. The predicted molar refractivity (Wildman–Crippen MR) is 235 cm³/mol. The van der Waals surface area contributed by atoms with E-state index in [9.17, 15) is 66.3 Å². The van der Waals surface area contributed by atoms with E-state index in [0.717, 1.165) is 0 Å². The Labute approximate surface area is 378 Å². The van der Waals surface area contributed by atoms with Crippen molar-refractivity contribution in [1.29, 1.82) is 0 Å².